The Hall–Kier alpha value is -7.69. The van der Waals surface area contributed by atoms with Crippen LogP contribution in [0.2, 0.25) is 0 Å². The monoisotopic (exact) mass is 727 g/mol. The molecule has 0 radical (unpaired) electrons. The summed E-state index contributed by atoms with van der Waals surface area (Å²) in [4.78, 5) is 15.6. The van der Waals surface area contributed by atoms with Crippen molar-refractivity contribution in [3.63, 3.8) is 0 Å². The largest absolute Gasteiger partial charge is 0.455 e. The minimum absolute atomic E-state index is 0.559. The number of benzene rings is 9. The highest BCUT2D eigenvalue weighted by molar-refractivity contribution is 6.09. The van der Waals surface area contributed by atoms with Gasteiger partial charge in [0, 0.05) is 21.9 Å². The Balaban J connectivity index is 1.05. The zero-order chi connectivity index (χ0) is 37.7. The van der Waals surface area contributed by atoms with Gasteiger partial charge in [0.15, 0.2) is 17.5 Å². The van der Waals surface area contributed by atoms with Crippen molar-refractivity contribution >= 4 is 43.5 Å². The summed E-state index contributed by atoms with van der Waals surface area (Å²) >= 11 is 0. The van der Waals surface area contributed by atoms with E-state index in [1.165, 1.54) is 21.9 Å². The highest BCUT2D eigenvalue weighted by Crippen LogP contribution is 2.39. The van der Waals surface area contributed by atoms with Gasteiger partial charge in [0.1, 0.15) is 11.2 Å². The van der Waals surface area contributed by atoms with Gasteiger partial charge >= 0.3 is 0 Å². The molecule has 2 heterocycles. The normalized spacial score (nSPS) is 11.5. The second kappa shape index (κ2) is 13.6. The van der Waals surface area contributed by atoms with E-state index in [1.54, 1.807) is 0 Å². The Bertz CT molecular complexity index is 3280. The lowest BCUT2D eigenvalue weighted by Crippen LogP contribution is -2.01. The third kappa shape index (κ3) is 5.83. The molecule has 0 saturated heterocycles. The Kier molecular flexibility index (Phi) is 7.78. The molecule has 57 heavy (non-hydrogen) atoms. The number of furan rings is 1. The van der Waals surface area contributed by atoms with Crippen molar-refractivity contribution in [1.82, 2.24) is 15.0 Å². The van der Waals surface area contributed by atoms with Gasteiger partial charge in [0.25, 0.3) is 0 Å². The van der Waals surface area contributed by atoms with Crippen molar-refractivity contribution in [2.75, 3.05) is 0 Å². The van der Waals surface area contributed by atoms with Gasteiger partial charge in [-0.1, -0.05) is 170 Å². The van der Waals surface area contributed by atoms with Crippen LogP contribution in [0.4, 0.5) is 0 Å². The van der Waals surface area contributed by atoms with E-state index in [2.05, 4.69) is 164 Å². The summed E-state index contributed by atoms with van der Waals surface area (Å²) in [5.74, 6) is 1.76. The third-order valence-electron chi connectivity index (χ3n) is 11.0. The lowest BCUT2D eigenvalue weighted by atomic mass is 9.94. The van der Waals surface area contributed by atoms with Gasteiger partial charge in [-0.25, -0.2) is 15.0 Å². The maximum atomic E-state index is 6.49. The van der Waals surface area contributed by atoms with Crippen molar-refractivity contribution in [3.8, 4) is 67.5 Å². The van der Waals surface area contributed by atoms with Crippen molar-refractivity contribution in [3.05, 3.63) is 200 Å². The number of aromatic nitrogens is 3. The van der Waals surface area contributed by atoms with Crippen LogP contribution < -0.4 is 0 Å². The lowest BCUT2D eigenvalue weighted by Gasteiger charge is -2.13. The van der Waals surface area contributed by atoms with E-state index in [0.717, 1.165) is 71.7 Å². The Labute approximate surface area is 329 Å². The molecule has 266 valence electrons. The first-order chi connectivity index (χ1) is 28.2. The molecule has 0 N–H and O–H groups in total. The van der Waals surface area contributed by atoms with Gasteiger partial charge in [-0.2, -0.15) is 0 Å². The van der Waals surface area contributed by atoms with Crippen LogP contribution in [0.5, 0.6) is 0 Å². The van der Waals surface area contributed by atoms with E-state index in [1.807, 2.05) is 36.4 Å². The Morgan fingerprint density at radius 3 is 1.51 bits per heavy atom. The predicted octanol–water partition coefficient (Wildman–Crippen LogP) is 14.1. The summed E-state index contributed by atoms with van der Waals surface area (Å²) in [6.45, 7) is 0. The second-order valence-electron chi connectivity index (χ2n) is 14.4. The summed E-state index contributed by atoms with van der Waals surface area (Å²) in [5.41, 5.74) is 11.3. The van der Waals surface area contributed by atoms with Crippen molar-refractivity contribution in [1.29, 1.82) is 0 Å². The third-order valence-corrected chi connectivity index (χ3v) is 11.0. The topological polar surface area (TPSA) is 51.8 Å². The highest BCUT2D eigenvalue weighted by atomic mass is 16.3. The van der Waals surface area contributed by atoms with Crippen LogP contribution in [-0.2, 0) is 0 Å². The molecule has 0 aliphatic heterocycles. The number of rotatable bonds is 6. The molecule has 0 aliphatic rings. The molecule has 4 nitrogen and oxygen atoms in total. The SMILES string of the molecule is c1ccc(-c2ccc3ccc(-c4ccc(-c5nc(-c6ccc(-c7ccccc7)c7ccccc67)nc(-c6cccc7c6oc6ccccc67)n5)cc4)cc3c2)cc1. The zero-order valence-corrected chi connectivity index (χ0v) is 30.8. The van der Waals surface area contributed by atoms with Gasteiger partial charge in [0.05, 0.1) is 5.56 Å². The van der Waals surface area contributed by atoms with E-state index in [4.69, 9.17) is 19.4 Å². The summed E-state index contributed by atoms with van der Waals surface area (Å²) < 4.78 is 6.49. The van der Waals surface area contributed by atoms with Gasteiger partial charge < -0.3 is 4.42 Å². The molecular formula is C53H33N3O. The first-order valence-electron chi connectivity index (χ1n) is 19.2. The molecule has 11 rings (SSSR count). The molecule has 0 atom stereocenters. The molecule has 4 heteroatoms. The average molecular weight is 728 g/mol. The second-order valence-corrected chi connectivity index (χ2v) is 14.4. The van der Waals surface area contributed by atoms with Crippen molar-refractivity contribution in [2.24, 2.45) is 0 Å². The van der Waals surface area contributed by atoms with Gasteiger partial charge in [-0.05, 0) is 85.3 Å². The van der Waals surface area contributed by atoms with E-state index in [0.29, 0.717) is 17.5 Å². The van der Waals surface area contributed by atoms with E-state index in [9.17, 15) is 0 Å². The Morgan fingerprint density at radius 2 is 0.789 bits per heavy atom. The van der Waals surface area contributed by atoms with Crippen molar-refractivity contribution in [2.45, 2.75) is 0 Å². The molecule has 0 bridgehead atoms. The fraction of sp³-hybridized carbons (Fsp3) is 0. The molecule has 0 fully saturated rings. The Morgan fingerprint density at radius 1 is 0.281 bits per heavy atom. The number of hydrogen-bond donors (Lipinski definition) is 0. The van der Waals surface area contributed by atoms with E-state index in [-0.39, 0.29) is 0 Å². The van der Waals surface area contributed by atoms with Crippen LogP contribution in [0.1, 0.15) is 0 Å². The average Bonchev–Trinajstić information content (AvgIpc) is 3.68. The zero-order valence-electron chi connectivity index (χ0n) is 30.8. The van der Waals surface area contributed by atoms with Crippen LogP contribution in [-0.4, -0.2) is 15.0 Å². The summed E-state index contributed by atoms with van der Waals surface area (Å²) in [6, 6.07) is 70.0. The maximum Gasteiger partial charge on any atom is 0.167 e. The molecule has 0 unspecified atom stereocenters. The standard InChI is InChI=1S/C53H33N3O/c1-3-12-34(13-4-1)39-28-24-36-25-29-40(33-41(36)32-39)35-22-26-38(27-23-35)51-54-52(47-31-30-42(37-14-5-2-6-15-37)43-16-7-8-17-44(43)47)56-53(55-51)48-20-11-19-46-45-18-9-10-21-49(45)57-50(46)48/h1-33H. The number of para-hydroxylation sites is 2. The quantitative estimate of drug-likeness (QED) is 0.171. The smallest absolute Gasteiger partial charge is 0.167 e. The first-order valence-corrected chi connectivity index (χ1v) is 19.2. The fourth-order valence-electron chi connectivity index (χ4n) is 8.08. The van der Waals surface area contributed by atoms with E-state index >= 15 is 0 Å². The molecule has 11 aromatic rings. The minimum Gasteiger partial charge on any atom is -0.455 e. The van der Waals surface area contributed by atoms with E-state index < -0.39 is 0 Å². The predicted molar refractivity (Wildman–Crippen MR) is 235 cm³/mol. The van der Waals surface area contributed by atoms with Crippen molar-refractivity contribution < 1.29 is 4.42 Å². The molecule has 2 aromatic heterocycles. The number of hydrogen-bond acceptors (Lipinski definition) is 4. The van der Waals surface area contributed by atoms with Crippen LogP contribution in [0.25, 0.3) is 111 Å². The van der Waals surface area contributed by atoms with Crippen LogP contribution in [0.15, 0.2) is 205 Å². The van der Waals surface area contributed by atoms with Crippen LogP contribution >= 0.6 is 0 Å². The summed E-state index contributed by atoms with van der Waals surface area (Å²) in [6.07, 6.45) is 0. The summed E-state index contributed by atoms with van der Waals surface area (Å²) in [5, 5.41) is 6.72. The molecule has 0 amide bonds. The molecule has 0 aliphatic carbocycles. The molecule has 0 saturated carbocycles. The van der Waals surface area contributed by atoms with Crippen LogP contribution in [0.3, 0.4) is 0 Å². The molecule has 0 spiro atoms. The maximum absolute atomic E-state index is 6.49. The van der Waals surface area contributed by atoms with Gasteiger partial charge in [-0.15, -0.1) is 0 Å². The molecular weight excluding hydrogens is 695 g/mol. The fourth-order valence-corrected chi connectivity index (χ4v) is 8.08. The number of nitrogens with zero attached hydrogens (tertiary/aromatic N) is 3. The highest BCUT2D eigenvalue weighted by Gasteiger charge is 2.19. The first kappa shape index (κ1) is 32.7. The number of fused-ring (bicyclic) bond motifs is 5. The lowest BCUT2D eigenvalue weighted by molar-refractivity contribution is 0.669. The summed E-state index contributed by atoms with van der Waals surface area (Å²) in [7, 11) is 0. The molecule has 9 aromatic carbocycles. The van der Waals surface area contributed by atoms with Gasteiger partial charge in [-0.3, -0.25) is 0 Å². The van der Waals surface area contributed by atoms with Gasteiger partial charge in [0.2, 0.25) is 0 Å². The van der Waals surface area contributed by atoms with Crippen LogP contribution in [0, 0.1) is 0 Å². The minimum atomic E-state index is 0.559.